The molecule has 1 aliphatic rings. The molecule has 0 aliphatic carbocycles. The molecule has 2 heterocycles. The van der Waals surface area contributed by atoms with Crippen molar-refractivity contribution in [2.45, 2.75) is 31.7 Å². The van der Waals surface area contributed by atoms with Gasteiger partial charge in [0.2, 0.25) is 0 Å². The summed E-state index contributed by atoms with van der Waals surface area (Å²) in [7, 11) is 0. The Balaban J connectivity index is 1.98. The second kappa shape index (κ2) is 7.44. The molecule has 1 aliphatic heterocycles. The van der Waals surface area contributed by atoms with Crippen LogP contribution < -0.4 is 0 Å². The number of alkyl halides is 3. The molecule has 1 saturated heterocycles. The topological polar surface area (TPSA) is 51.7 Å². The van der Waals surface area contributed by atoms with Gasteiger partial charge in [0.1, 0.15) is 0 Å². The zero-order chi connectivity index (χ0) is 16.0. The van der Waals surface area contributed by atoms with Crippen LogP contribution in [0.1, 0.15) is 18.4 Å². The lowest BCUT2D eigenvalue weighted by Crippen LogP contribution is -2.38. The van der Waals surface area contributed by atoms with Gasteiger partial charge in [-0.3, -0.25) is 4.98 Å². The van der Waals surface area contributed by atoms with E-state index in [1.807, 2.05) is 0 Å². The van der Waals surface area contributed by atoms with E-state index in [1.54, 1.807) is 24.5 Å². The number of aromatic nitrogens is 1. The molecule has 1 amide bonds. The maximum Gasteiger partial charge on any atom is 0.422 e. The van der Waals surface area contributed by atoms with Crippen LogP contribution in [0.5, 0.6) is 0 Å². The summed E-state index contributed by atoms with van der Waals surface area (Å²) in [5.74, 6) is 0. The molecule has 0 radical (unpaired) electrons. The Hall–Kier alpha value is -1.83. The van der Waals surface area contributed by atoms with Crippen molar-refractivity contribution in [1.29, 1.82) is 0 Å². The van der Waals surface area contributed by atoms with E-state index in [-0.39, 0.29) is 19.2 Å². The Morgan fingerprint density at radius 1 is 1.50 bits per heavy atom. The number of ether oxygens (including phenoxy) is 2. The molecular formula is C14H17F3N2O3. The Labute approximate surface area is 126 Å². The fourth-order valence-corrected chi connectivity index (χ4v) is 2.18. The molecule has 122 valence electrons. The molecule has 1 atom stereocenters. The van der Waals surface area contributed by atoms with Gasteiger partial charge in [-0.1, -0.05) is 6.07 Å². The average Bonchev–Trinajstić information content (AvgIpc) is 2.97. The van der Waals surface area contributed by atoms with Crippen LogP contribution in [0.25, 0.3) is 0 Å². The van der Waals surface area contributed by atoms with Gasteiger partial charge in [0, 0.05) is 19.0 Å². The second-order valence-electron chi connectivity index (χ2n) is 5.05. The van der Waals surface area contributed by atoms with Gasteiger partial charge in [0.05, 0.1) is 19.2 Å². The molecular weight excluding hydrogens is 301 g/mol. The minimum atomic E-state index is -4.54. The summed E-state index contributed by atoms with van der Waals surface area (Å²) in [5.41, 5.74) is 0.712. The van der Waals surface area contributed by atoms with Crippen LogP contribution in [0.15, 0.2) is 24.5 Å². The van der Waals surface area contributed by atoms with Crippen LogP contribution in [-0.4, -0.2) is 48.0 Å². The molecule has 5 nitrogen and oxygen atoms in total. The van der Waals surface area contributed by atoms with Gasteiger partial charge in [-0.25, -0.2) is 4.79 Å². The van der Waals surface area contributed by atoms with Gasteiger partial charge in [-0.15, -0.1) is 0 Å². The fraction of sp³-hybridized carbons (Fsp3) is 0.571. The summed E-state index contributed by atoms with van der Waals surface area (Å²) >= 11 is 0. The lowest BCUT2D eigenvalue weighted by atomic mass is 10.2. The standard InChI is InChI=1S/C14H17F3N2O3/c15-14(16,17)10-22-13(20)19(9-12-4-2-6-21-12)8-11-3-1-5-18-7-11/h1,3,5,7,12H,2,4,6,8-10H2/t12-/m0/s1. The van der Waals surface area contributed by atoms with Crippen LogP contribution in [-0.2, 0) is 16.0 Å². The minimum Gasteiger partial charge on any atom is -0.440 e. The molecule has 1 aromatic rings. The summed E-state index contributed by atoms with van der Waals surface area (Å²) in [4.78, 5) is 17.1. The Morgan fingerprint density at radius 2 is 2.32 bits per heavy atom. The fourth-order valence-electron chi connectivity index (χ4n) is 2.18. The van der Waals surface area contributed by atoms with Crippen molar-refractivity contribution in [1.82, 2.24) is 9.88 Å². The van der Waals surface area contributed by atoms with Crippen molar-refractivity contribution in [2.75, 3.05) is 19.8 Å². The van der Waals surface area contributed by atoms with Crippen molar-refractivity contribution < 1.29 is 27.4 Å². The predicted molar refractivity (Wildman–Crippen MR) is 71.0 cm³/mol. The third-order valence-corrected chi connectivity index (χ3v) is 3.16. The van der Waals surface area contributed by atoms with Gasteiger partial charge in [0.25, 0.3) is 0 Å². The van der Waals surface area contributed by atoms with Gasteiger partial charge in [0.15, 0.2) is 6.61 Å². The molecule has 0 N–H and O–H groups in total. The highest BCUT2D eigenvalue weighted by Gasteiger charge is 2.31. The van der Waals surface area contributed by atoms with Crippen LogP contribution in [0.2, 0.25) is 0 Å². The van der Waals surface area contributed by atoms with E-state index in [4.69, 9.17) is 4.74 Å². The zero-order valence-corrected chi connectivity index (χ0v) is 11.9. The molecule has 22 heavy (non-hydrogen) atoms. The maximum atomic E-state index is 12.2. The highest BCUT2D eigenvalue weighted by Crippen LogP contribution is 2.18. The van der Waals surface area contributed by atoms with Gasteiger partial charge < -0.3 is 14.4 Å². The monoisotopic (exact) mass is 318 g/mol. The number of carbonyl (C=O) groups is 1. The van der Waals surface area contributed by atoms with Gasteiger partial charge in [-0.2, -0.15) is 13.2 Å². The molecule has 0 spiro atoms. The van der Waals surface area contributed by atoms with Crippen molar-refractivity contribution in [3.05, 3.63) is 30.1 Å². The van der Waals surface area contributed by atoms with Crippen LogP contribution >= 0.6 is 0 Å². The predicted octanol–water partition coefficient (Wildman–Crippen LogP) is 2.76. The lowest BCUT2D eigenvalue weighted by molar-refractivity contribution is -0.162. The average molecular weight is 318 g/mol. The first kappa shape index (κ1) is 16.5. The van der Waals surface area contributed by atoms with E-state index < -0.39 is 18.9 Å². The quantitative estimate of drug-likeness (QED) is 0.838. The minimum absolute atomic E-state index is 0.129. The molecule has 0 unspecified atom stereocenters. The highest BCUT2D eigenvalue weighted by atomic mass is 19.4. The third kappa shape index (κ3) is 5.51. The number of hydrogen-bond donors (Lipinski definition) is 0. The number of hydrogen-bond acceptors (Lipinski definition) is 4. The number of amides is 1. The summed E-state index contributed by atoms with van der Waals surface area (Å²) in [6, 6.07) is 3.44. The van der Waals surface area contributed by atoms with E-state index in [9.17, 15) is 18.0 Å². The molecule has 0 saturated carbocycles. The number of nitrogens with zero attached hydrogens (tertiary/aromatic N) is 2. The Morgan fingerprint density at radius 3 is 2.91 bits per heavy atom. The first-order valence-electron chi connectivity index (χ1n) is 6.93. The van der Waals surface area contributed by atoms with Crippen LogP contribution in [0, 0.1) is 0 Å². The van der Waals surface area contributed by atoms with Gasteiger partial charge in [-0.05, 0) is 24.5 Å². The van der Waals surface area contributed by atoms with E-state index in [1.165, 1.54) is 4.90 Å². The smallest absolute Gasteiger partial charge is 0.422 e. The summed E-state index contributed by atoms with van der Waals surface area (Å²) in [6.45, 7) is -0.667. The van der Waals surface area contributed by atoms with Crippen molar-refractivity contribution in [3.63, 3.8) is 0 Å². The third-order valence-electron chi connectivity index (χ3n) is 3.16. The number of halogens is 3. The van der Waals surface area contributed by atoms with Crippen molar-refractivity contribution in [2.24, 2.45) is 0 Å². The number of pyridine rings is 1. The normalized spacial score (nSPS) is 18.2. The number of carbonyl (C=O) groups excluding carboxylic acids is 1. The molecule has 0 bridgehead atoms. The van der Waals surface area contributed by atoms with Crippen molar-refractivity contribution >= 4 is 6.09 Å². The summed E-state index contributed by atoms with van der Waals surface area (Å²) in [6.07, 6.45) is -0.930. The summed E-state index contributed by atoms with van der Waals surface area (Å²) in [5, 5.41) is 0. The largest absolute Gasteiger partial charge is 0.440 e. The zero-order valence-electron chi connectivity index (χ0n) is 11.9. The van der Waals surface area contributed by atoms with Crippen molar-refractivity contribution in [3.8, 4) is 0 Å². The Kier molecular flexibility index (Phi) is 5.59. The first-order valence-corrected chi connectivity index (χ1v) is 6.93. The highest BCUT2D eigenvalue weighted by molar-refractivity contribution is 5.67. The molecule has 1 aromatic heterocycles. The SMILES string of the molecule is O=C(OCC(F)(F)F)N(Cc1cccnc1)C[C@@H]1CCCO1. The molecule has 0 aromatic carbocycles. The first-order chi connectivity index (χ1) is 10.4. The molecule has 1 fully saturated rings. The molecule has 8 heteroatoms. The molecule has 2 rings (SSSR count). The Bertz CT molecular complexity index is 476. The van der Waals surface area contributed by atoms with E-state index >= 15 is 0 Å². The van der Waals surface area contributed by atoms with Crippen LogP contribution in [0.4, 0.5) is 18.0 Å². The maximum absolute atomic E-state index is 12.2. The van der Waals surface area contributed by atoms with E-state index in [2.05, 4.69) is 9.72 Å². The number of rotatable bonds is 5. The lowest BCUT2D eigenvalue weighted by Gasteiger charge is -2.25. The van der Waals surface area contributed by atoms with E-state index in [0.717, 1.165) is 12.8 Å². The second-order valence-corrected chi connectivity index (χ2v) is 5.05. The van der Waals surface area contributed by atoms with Gasteiger partial charge >= 0.3 is 12.3 Å². The summed E-state index contributed by atoms with van der Waals surface area (Å²) < 4.78 is 46.3. The van der Waals surface area contributed by atoms with E-state index in [0.29, 0.717) is 12.2 Å². The van der Waals surface area contributed by atoms with Crippen LogP contribution in [0.3, 0.4) is 0 Å².